The van der Waals surface area contributed by atoms with E-state index in [0.717, 1.165) is 105 Å². The fourth-order valence-electron chi connectivity index (χ4n) is 7.81. The highest BCUT2D eigenvalue weighted by atomic mass is 16.2. The van der Waals surface area contributed by atoms with Crippen LogP contribution < -0.4 is 9.80 Å². The highest BCUT2D eigenvalue weighted by Crippen LogP contribution is 2.49. The summed E-state index contributed by atoms with van der Waals surface area (Å²) in [5, 5.41) is 19.7. The van der Waals surface area contributed by atoms with E-state index in [0.29, 0.717) is 30.5 Å². The molecule has 0 bridgehead atoms. The molecule has 2 saturated carbocycles. The summed E-state index contributed by atoms with van der Waals surface area (Å²) in [6, 6.07) is 15.1. The molecule has 2 saturated heterocycles. The van der Waals surface area contributed by atoms with Crippen molar-refractivity contribution in [2.24, 2.45) is 5.41 Å². The number of hydrogen-bond acceptors (Lipinski definition) is 10. The Labute approximate surface area is 301 Å². The molecule has 0 unspecified atom stereocenters. The van der Waals surface area contributed by atoms with Crippen LogP contribution in [0.3, 0.4) is 0 Å². The number of carbonyl (C=O) groups is 2. The zero-order chi connectivity index (χ0) is 35.7. The lowest BCUT2D eigenvalue weighted by atomic mass is 10.1. The number of amides is 2. The molecule has 264 valence electrons. The van der Waals surface area contributed by atoms with Crippen LogP contribution in [0.1, 0.15) is 60.9 Å². The molecule has 14 heteroatoms. The van der Waals surface area contributed by atoms with Crippen molar-refractivity contribution in [1.29, 1.82) is 10.5 Å². The van der Waals surface area contributed by atoms with Gasteiger partial charge in [0.2, 0.25) is 5.91 Å². The third-order valence-electron chi connectivity index (χ3n) is 10.9. The molecule has 9 rings (SSSR count). The molecular formula is C38H40N12O2. The van der Waals surface area contributed by atoms with Gasteiger partial charge in [0.05, 0.1) is 34.0 Å². The summed E-state index contributed by atoms with van der Waals surface area (Å²) in [7, 11) is 0. The summed E-state index contributed by atoms with van der Waals surface area (Å²) in [5.41, 5.74) is 2.96. The SMILES string of the molecule is N#CCCC(=O)N1CCCN(c2ncnc3[nH]ccc23)CC12CC2.N#Cc1ccc(C(=O)N2CCN(c3ncnc4[nH]ccc34)CC3(CC3)C2)cc1. The molecule has 2 N–H and O–H groups in total. The summed E-state index contributed by atoms with van der Waals surface area (Å²) in [6.07, 6.45) is 12.8. The summed E-state index contributed by atoms with van der Waals surface area (Å²) in [4.78, 5) is 58.0. The van der Waals surface area contributed by atoms with E-state index in [1.807, 2.05) is 34.3 Å². The summed E-state index contributed by atoms with van der Waals surface area (Å²) in [5.74, 6) is 2.03. The van der Waals surface area contributed by atoms with Crippen LogP contribution in [0.2, 0.25) is 0 Å². The number of nitrogens with zero attached hydrogens (tertiary/aromatic N) is 10. The van der Waals surface area contributed by atoms with Crippen molar-refractivity contribution in [2.45, 2.75) is 50.5 Å². The van der Waals surface area contributed by atoms with Gasteiger partial charge in [0.15, 0.2) is 0 Å². The average molecular weight is 697 g/mol. The van der Waals surface area contributed by atoms with Crippen molar-refractivity contribution in [3.05, 3.63) is 72.6 Å². The molecule has 4 fully saturated rings. The van der Waals surface area contributed by atoms with Gasteiger partial charge in [-0.15, -0.1) is 0 Å². The molecule has 5 aromatic rings. The number of benzene rings is 1. The van der Waals surface area contributed by atoms with E-state index >= 15 is 0 Å². The van der Waals surface area contributed by atoms with E-state index in [1.54, 1.807) is 36.9 Å². The van der Waals surface area contributed by atoms with Gasteiger partial charge in [0.25, 0.3) is 5.91 Å². The molecule has 2 spiro atoms. The highest BCUT2D eigenvalue weighted by molar-refractivity contribution is 5.94. The number of nitriles is 2. The number of aromatic amines is 2. The van der Waals surface area contributed by atoms with Gasteiger partial charge in [-0.25, -0.2) is 19.9 Å². The lowest BCUT2D eigenvalue weighted by Gasteiger charge is -2.32. The van der Waals surface area contributed by atoms with Crippen LogP contribution in [0.4, 0.5) is 11.6 Å². The minimum Gasteiger partial charge on any atom is -0.354 e. The minimum absolute atomic E-state index is 0.0343. The lowest BCUT2D eigenvalue weighted by Crippen LogP contribution is -2.46. The van der Waals surface area contributed by atoms with Crippen LogP contribution in [0.15, 0.2) is 61.4 Å². The van der Waals surface area contributed by atoms with Crippen molar-refractivity contribution in [3.63, 3.8) is 0 Å². The number of hydrogen-bond donors (Lipinski definition) is 2. The molecule has 2 aliphatic heterocycles. The summed E-state index contributed by atoms with van der Waals surface area (Å²) >= 11 is 0. The van der Waals surface area contributed by atoms with Gasteiger partial charge in [0, 0.05) is 82.0 Å². The van der Waals surface area contributed by atoms with Crippen molar-refractivity contribution < 1.29 is 9.59 Å². The predicted octanol–water partition coefficient (Wildman–Crippen LogP) is 4.41. The first-order valence-electron chi connectivity index (χ1n) is 17.9. The van der Waals surface area contributed by atoms with Gasteiger partial charge >= 0.3 is 0 Å². The summed E-state index contributed by atoms with van der Waals surface area (Å²) in [6.45, 7) is 5.51. The monoisotopic (exact) mass is 696 g/mol. The zero-order valence-electron chi connectivity index (χ0n) is 29.0. The van der Waals surface area contributed by atoms with Crippen LogP contribution in [0.5, 0.6) is 0 Å². The predicted molar refractivity (Wildman–Crippen MR) is 194 cm³/mol. The van der Waals surface area contributed by atoms with Gasteiger partial charge in [-0.05, 0) is 68.5 Å². The number of anilines is 2. The van der Waals surface area contributed by atoms with Crippen LogP contribution in [0, 0.1) is 28.1 Å². The lowest BCUT2D eigenvalue weighted by molar-refractivity contribution is -0.133. The Balaban J connectivity index is 0.000000151. The molecule has 2 amide bonds. The number of H-pyrrole nitrogens is 2. The van der Waals surface area contributed by atoms with E-state index in [1.165, 1.54) is 0 Å². The fourth-order valence-corrected chi connectivity index (χ4v) is 7.81. The van der Waals surface area contributed by atoms with E-state index in [-0.39, 0.29) is 22.8 Å². The maximum Gasteiger partial charge on any atom is 0.253 e. The van der Waals surface area contributed by atoms with Crippen LogP contribution in [-0.4, -0.2) is 103 Å². The zero-order valence-corrected chi connectivity index (χ0v) is 29.0. The molecule has 1 aromatic carbocycles. The van der Waals surface area contributed by atoms with E-state index in [4.69, 9.17) is 10.5 Å². The van der Waals surface area contributed by atoms with Gasteiger partial charge in [-0.2, -0.15) is 10.5 Å². The molecule has 14 nitrogen and oxygen atoms in total. The van der Waals surface area contributed by atoms with E-state index in [2.05, 4.69) is 51.8 Å². The molecule has 4 aliphatic rings. The maximum absolute atomic E-state index is 13.1. The Morgan fingerprint density at radius 3 is 2.00 bits per heavy atom. The Morgan fingerprint density at radius 1 is 0.750 bits per heavy atom. The second-order valence-electron chi connectivity index (χ2n) is 14.4. The van der Waals surface area contributed by atoms with Crippen molar-refractivity contribution in [3.8, 4) is 12.1 Å². The van der Waals surface area contributed by atoms with E-state index < -0.39 is 0 Å². The maximum atomic E-state index is 13.1. The number of rotatable bonds is 5. The third kappa shape index (κ3) is 6.48. The van der Waals surface area contributed by atoms with Crippen LogP contribution >= 0.6 is 0 Å². The van der Waals surface area contributed by atoms with E-state index in [9.17, 15) is 9.59 Å². The number of aromatic nitrogens is 6. The van der Waals surface area contributed by atoms with Gasteiger partial charge in [-0.3, -0.25) is 9.59 Å². The topological polar surface area (TPSA) is 178 Å². The Hall–Kier alpha value is -6.02. The molecule has 52 heavy (non-hydrogen) atoms. The Kier molecular flexibility index (Phi) is 8.67. The largest absolute Gasteiger partial charge is 0.354 e. The first-order chi connectivity index (χ1) is 25.4. The fraction of sp³-hybridized carbons (Fsp3) is 0.421. The molecule has 0 radical (unpaired) electrons. The summed E-state index contributed by atoms with van der Waals surface area (Å²) < 4.78 is 0. The standard InChI is InChI=1S/C21H20N6O.C17H20N6O/c22-11-15-1-3-16(4-2-15)20(28)27-10-9-26(12-21(13-27)6-7-21)19-17-5-8-23-18(17)24-14-25-19;18-7-1-3-14(24)23-10-2-9-22(11-17(23)5-6-17)16-13-4-8-19-15(13)20-12-21-16/h1-5,8,14H,6-7,9-10,12-13H2,(H,23,24,25);4,8,12H,1-3,5-6,9-11H2,(H,19,20,21). The molecule has 6 heterocycles. The molecular weight excluding hydrogens is 656 g/mol. The Bertz CT molecular complexity index is 2190. The van der Waals surface area contributed by atoms with Crippen LogP contribution in [0.25, 0.3) is 22.1 Å². The first kappa shape index (κ1) is 33.1. The smallest absolute Gasteiger partial charge is 0.253 e. The molecule has 2 aliphatic carbocycles. The second kappa shape index (κ2) is 13.6. The molecule has 0 atom stereocenters. The van der Waals surface area contributed by atoms with Gasteiger partial charge < -0.3 is 29.6 Å². The van der Waals surface area contributed by atoms with Crippen molar-refractivity contribution >= 4 is 45.5 Å². The quantitative estimate of drug-likeness (QED) is 0.268. The Morgan fingerprint density at radius 2 is 1.40 bits per heavy atom. The second-order valence-corrected chi connectivity index (χ2v) is 14.4. The average Bonchev–Trinajstić information content (AvgIpc) is 4.05. The van der Waals surface area contributed by atoms with Gasteiger partial charge in [0.1, 0.15) is 35.6 Å². The number of fused-ring (bicyclic) bond motifs is 2. The first-order valence-corrected chi connectivity index (χ1v) is 17.9. The number of carbonyl (C=O) groups excluding carboxylic acids is 2. The normalized spacial score (nSPS) is 18.7. The van der Waals surface area contributed by atoms with Crippen LogP contribution in [-0.2, 0) is 4.79 Å². The number of nitrogens with one attached hydrogen (secondary N) is 2. The van der Waals surface area contributed by atoms with Gasteiger partial charge in [-0.1, -0.05) is 0 Å². The highest BCUT2D eigenvalue weighted by Gasteiger charge is 2.52. The molecule has 4 aromatic heterocycles. The van der Waals surface area contributed by atoms with Crippen molar-refractivity contribution in [1.82, 2.24) is 39.7 Å². The van der Waals surface area contributed by atoms with Crippen molar-refractivity contribution in [2.75, 3.05) is 55.6 Å². The third-order valence-corrected chi connectivity index (χ3v) is 10.9. The minimum atomic E-state index is -0.0728.